The number of hydrogen-bond donors (Lipinski definition) is 1. The minimum Gasteiger partial charge on any atom is -0.312 e. The van der Waals surface area contributed by atoms with Crippen molar-refractivity contribution in [3.05, 3.63) is 0 Å². The van der Waals surface area contributed by atoms with Crippen LogP contribution in [0.25, 0.3) is 0 Å². The highest BCUT2D eigenvalue weighted by molar-refractivity contribution is 5.02. The summed E-state index contributed by atoms with van der Waals surface area (Å²) in [7, 11) is 2.27. The third kappa shape index (κ3) is 1.90. The van der Waals surface area contributed by atoms with Crippen LogP contribution in [0.3, 0.4) is 0 Å². The predicted molar refractivity (Wildman–Crippen MR) is 74.7 cm³/mol. The van der Waals surface area contributed by atoms with Crippen LogP contribution in [0.15, 0.2) is 0 Å². The highest BCUT2D eigenvalue weighted by atomic mass is 15.5. The third-order valence-electron chi connectivity index (χ3n) is 5.51. The summed E-state index contributed by atoms with van der Waals surface area (Å²) in [6, 6.07) is 1.35. The van der Waals surface area contributed by atoms with E-state index < -0.39 is 0 Å². The van der Waals surface area contributed by atoms with Gasteiger partial charge >= 0.3 is 0 Å². The molecule has 1 unspecified atom stereocenters. The topological polar surface area (TPSA) is 21.8 Å². The van der Waals surface area contributed by atoms with Crippen molar-refractivity contribution >= 4 is 0 Å². The second-order valence-electron chi connectivity index (χ2n) is 6.52. The van der Waals surface area contributed by atoms with Crippen molar-refractivity contribution in [3.8, 4) is 0 Å². The fourth-order valence-electron chi connectivity index (χ4n) is 4.16. The van der Waals surface area contributed by atoms with Crippen LogP contribution in [0.1, 0.15) is 26.7 Å². The zero-order valence-electron chi connectivity index (χ0n) is 12.2. The van der Waals surface area contributed by atoms with E-state index in [1.807, 2.05) is 0 Å². The Balaban J connectivity index is 1.80. The lowest BCUT2D eigenvalue weighted by Gasteiger charge is -2.55. The molecule has 1 N–H and O–H groups in total. The number of nitrogens with zero attached hydrogens (tertiary/aromatic N) is 3. The molecule has 0 saturated carbocycles. The zero-order valence-corrected chi connectivity index (χ0v) is 12.2. The summed E-state index contributed by atoms with van der Waals surface area (Å²) in [4.78, 5) is 8.05. The molecule has 4 heteroatoms. The van der Waals surface area contributed by atoms with Crippen molar-refractivity contribution in [3.63, 3.8) is 0 Å². The van der Waals surface area contributed by atoms with E-state index in [0.29, 0.717) is 17.7 Å². The number of rotatable bonds is 1. The van der Waals surface area contributed by atoms with Gasteiger partial charge in [0.05, 0.1) is 5.66 Å². The molecule has 3 aliphatic heterocycles. The molecule has 18 heavy (non-hydrogen) atoms. The van der Waals surface area contributed by atoms with Gasteiger partial charge in [0.25, 0.3) is 0 Å². The van der Waals surface area contributed by atoms with E-state index in [0.717, 1.165) is 6.54 Å². The number of piperazine rings is 2. The molecule has 0 radical (unpaired) electrons. The van der Waals surface area contributed by atoms with Crippen molar-refractivity contribution in [2.45, 2.75) is 44.4 Å². The van der Waals surface area contributed by atoms with Gasteiger partial charge in [-0.05, 0) is 33.7 Å². The zero-order chi connectivity index (χ0) is 12.8. The first-order valence-electron chi connectivity index (χ1n) is 7.56. The minimum absolute atomic E-state index is 0.335. The van der Waals surface area contributed by atoms with E-state index in [1.54, 1.807) is 0 Å². The van der Waals surface area contributed by atoms with Crippen LogP contribution in [0.5, 0.6) is 0 Å². The van der Waals surface area contributed by atoms with Gasteiger partial charge in [-0.15, -0.1) is 0 Å². The average molecular weight is 252 g/mol. The Labute approximate surface area is 111 Å². The Bertz CT molecular complexity index is 296. The molecule has 0 aromatic heterocycles. The quantitative estimate of drug-likeness (QED) is 0.729. The van der Waals surface area contributed by atoms with Crippen LogP contribution in [-0.4, -0.2) is 78.8 Å². The molecule has 3 saturated heterocycles. The van der Waals surface area contributed by atoms with Crippen LogP contribution in [-0.2, 0) is 0 Å². The molecule has 0 aromatic rings. The van der Waals surface area contributed by atoms with Crippen molar-refractivity contribution in [2.24, 2.45) is 0 Å². The minimum atomic E-state index is 0.335. The van der Waals surface area contributed by atoms with E-state index in [1.165, 1.54) is 45.6 Å². The summed E-state index contributed by atoms with van der Waals surface area (Å²) in [5.74, 6) is 0. The second-order valence-corrected chi connectivity index (χ2v) is 6.52. The number of likely N-dealkylation sites (N-methyl/N-ethyl adjacent to an activating group) is 1. The lowest BCUT2D eigenvalue weighted by molar-refractivity contribution is -0.0892. The van der Waals surface area contributed by atoms with Gasteiger partial charge in [0, 0.05) is 51.4 Å². The maximum Gasteiger partial charge on any atom is 0.0867 e. The molecule has 0 bridgehead atoms. The SMILES string of the molecule is C[C@@H]1CN(C23CCCN2CCNC3)C[C@H](C)N1C. The molecular formula is C14H28N4. The number of fused-ring (bicyclic) bond motifs is 1. The first-order chi connectivity index (χ1) is 8.63. The van der Waals surface area contributed by atoms with Crippen molar-refractivity contribution in [1.82, 2.24) is 20.0 Å². The molecule has 0 aliphatic carbocycles. The lowest BCUT2D eigenvalue weighted by Crippen LogP contribution is -2.71. The molecule has 0 spiro atoms. The Morgan fingerprint density at radius 1 is 1.06 bits per heavy atom. The molecule has 3 heterocycles. The van der Waals surface area contributed by atoms with Crippen LogP contribution in [0.4, 0.5) is 0 Å². The Hall–Kier alpha value is -0.160. The highest BCUT2D eigenvalue weighted by Crippen LogP contribution is 2.35. The first-order valence-corrected chi connectivity index (χ1v) is 7.56. The Kier molecular flexibility index (Phi) is 3.39. The van der Waals surface area contributed by atoms with Crippen LogP contribution >= 0.6 is 0 Å². The van der Waals surface area contributed by atoms with E-state index >= 15 is 0 Å². The average Bonchev–Trinajstić information content (AvgIpc) is 2.80. The molecular weight excluding hydrogens is 224 g/mol. The van der Waals surface area contributed by atoms with Gasteiger partial charge in [-0.1, -0.05) is 0 Å². The van der Waals surface area contributed by atoms with Crippen LogP contribution in [0.2, 0.25) is 0 Å². The summed E-state index contributed by atoms with van der Waals surface area (Å²) < 4.78 is 0. The van der Waals surface area contributed by atoms with E-state index in [9.17, 15) is 0 Å². The molecule has 0 aromatic carbocycles. The summed E-state index contributed by atoms with van der Waals surface area (Å²) in [5.41, 5.74) is 0.335. The van der Waals surface area contributed by atoms with Crippen molar-refractivity contribution in [1.29, 1.82) is 0 Å². The van der Waals surface area contributed by atoms with E-state index in [4.69, 9.17) is 0 Å². The van der Waals surface area contributed by atoms with Gasteiger partial charge < -0.3 is 5.32 Å². The maximum absolute atomic E-state index is 3.64. The predicted octanol–water partition coefficient (Wildman–Crippen LogP) is 0.406. The standard InChI is InChI=1S/C14H28N4/c1-12-9-18(10-13(2)16(12)3)14-5-4-7-17(14)8-6-15-11-14/h12-13,15H,4-11H2,1-3H3/t12-,13+,14?. The van der Waals surface area contributed by atoms with Crippen LogP contribution in [0, 0.1) is 0 Å². The normalized spacial score (nSPS) is 44.2. The van der Waals surface area contributed by atoms with Gasteiger partial charge in [0.1, 0.15) is 0 Å². The number of hydrogen-bond acceptors (Lipinski definition) is 4. The highest BCUT2D eigenvalue weighted by Gasteiger charge is 2.48. The first kappa shape index (κ1) is 12.9. The van der Waals surface area contributed by atoms with Crippen molar-refractivity contribution in [2.75, 3.05) is 46.3 Å². The van der Waals surface area contributed by atoms with E-state index in [2.05, 4.69) is 40.9 Å². The molecule has 3 rings (SSSR count). The lowest BCUT2D eigenvalue weighted by atomic mass is 9.98. The number of nitrogens with one attached hydrogen (secondary N) is 1. The molecule has 4 nitrogen and oxygen atoms in total. The third-order valence-corrected chi connectivity index (χ3v) is 5.51. The van der Waals surface area contributed by atoms with Gasteiger partial charge in [-0.25, -0.2) is 0 Å². The second kappa shape index (κ2) is 4.75. The molecule has 104 valence electrons. The van der Waals surface area contributed by atoms with Gasteiger partial charge in [0.2, 0.25) is 0 Å². The Morgan fingerprint density at radius 2 is 1.78 bits per heavy atom. The largest absolute Gasteiger partial charge is 0.312 e. The Morgan fingerprint density at radius 3 is 2.50 bits per heavy atom. The molecule has 0 amide bonds. The van der Waals surface area contributed by atoms with Crippen LogP contribution < -0.4 is 5.32 Å². The molecule has 3 fully saturated rings. The monoisotopic (exact) mass is 252 g/mol. The maximum atomic E-state index is 3.64. The fourth-order valence-corrected chi connectivity index (χ4v) is 4.16. The summed E-state index contributed by atoms with van der Waals surface area (Å²) in [6.07, 6.45) is 2.72. The van der Waals surface area contributed by atoms with Gasteiger partial charge in [-0.2, -0.15) is 0 Å². The smallest absolute Gasteiger partial charge is 0.0867 e. The molecule has 3 atom stereocenters. The van der Waals surface area contributed by atoms with E-state index in [-0.39, 0.29) is 0 Å². The van der Waals surface area contributed by atoms with Gasteiger partial charge in [0.15, 0.2) is 0 Å². The van der Waals surface area contributed by atoms with Gasteiger partial charge in [-0.3, -0.25) is 14.7 Å². The van der Waals surface area contributed by atoms with Crippen molar-refractivity contribution < 1.29 is 0 Å². The summed E-state index contributed by atoms with van der Waals surface area (Å²) >= 11 is 0. The fraction of sp³-hybridized carbons (Fsp3) is 1.00. The molecule has 3 aliphatic rings. The summed E-state index contributed by atoms with van der Waals surface area (Å²) in [6.45, 7) is 12.0. The summed E-state index contributed by atoms with van der Waals surface area (Å²) in [5, 5.41) is 3.64.